The number of hydrogen-bond donors (Lipinski definition) is 1. The number of nitrogens with zero attached hydrogens (tertiary/aromatic N) is 1. The Morgan fingerprint density at radius 2 is 2.05 bits per heavy atom. The molecule has 2 rings (SSSR count). The average molecular weight is 279 g/mol. The summed E-state index contributed by atoms with van der Waals surface area (Å²) in [6.07, 6.45) is 3.45. The van der Waals surface area contributed by atoms with Crippen molar-refractivity contribution in [2.45, 2.75) is 33.7 Å². The lowest BCUT2D eigenvalue weighted by Gasteiger charge is -2.34. The molecule has 104 valence electrons. The second kappa shape index (κ2) is 5.56. The molecule has 1 aromatic carbocycles. The van der Waals surface area contributed by atoms with Crippen LogP contribution in [0.15, 0.2) is 29.8 Å². The Bertz CT molecular complexity index is 486. The third-order valence-corrected chi connectivity index (χ3v) is 4.06. The molecule has 0 fully saturated rings. The molecule has 0 radical (unpaired) electrons. The summed E-state index contributed by atoms with van der Waals surface area (Å²) in [5, 5.41) is 0.801. The van der Waals surface area contributed by atoms with Crippen molar-refractivity contribution in [3.05, 3.63) is 40.4 Å². The van der Waals surface area contributed by atoms with Gasteiger partial charge in [0.25, 0.3) is 0 Å². The minimum atomic E-state index is 0.277. The lowest BCUT2D eigenvalue weighted by Crippen LogP contribution is -2.31. The van der Waals surface area contributed by atoms with Crippen LogP contribution in [0, 0.1) is 5.41 Å². The van der Waals surface area contributed by atoms with Crippen molar-refractivity contribution < 1.29 is 0 Å². The summed E-state index contributed by atoms with van der Waals surface area (Å²) >= 11 is 6.35. The van der Waals surface area contributed by atoms with Gasteiger partial charge in [0.05, 0.1) is 10.7 Å². The van der Waals surface area contributed by atoms with Crippen LogP contribution >= 0.6 is 11.6 Å². The third-order valence-electron chi connectivity index (χ3n) is 3.76. The lowest BCUT2D eigenvalue weighted by molar-refractivity contribution is 0.472. The highest BCUT2D eigenvalue weighted by Crippen LogP contribution is 2.33. The summed E-state index contributed by atoms with van der Waals surface area (Å²) in [5.41, 5.74) is 9.64. The average Bonchev–Trinajstić information content (AvgIpc) is 2.37. The van der Waals surface area contributed by atoms with Crippen LogP contribution in [0.25, 0.3) is 0 Å². The van der Waals surface area contributed by atoms with E-state index in [1.165, 1.54) is 0 Å². The van der Waals surface area contributed by atoms with Gasteiger partial charge in [-0.25, -0.2) is 0 Å². The predicted molar refractivity (Wildman–Crippen MR) is 83.7 cm³/mol. The first-order valence-corrected chi connectivity index (χ1v) is 7.22. The molecule has 19 heavy (non-hydrogen) atoms. The van der Waals surface area contributed by atoms with E-state index < -0.39 is 0 Å². The van der Waals surface area contributed by atoms with E-state index in [2.05, 4.69) is 43.9 Å². The second-order valence-electron chi connectivity index (χ2n) is 6.17. The number of hydrogen-bond acceptors (Lipinski definition) is 2. The Labute approximate surface area is 121 Å². The minimum absolute atomic E-state index is 0.277. The largest absolute Gasteiger partial charge is 0.366 e. The molecule has 0 atom stereocenters. The topological polar surface area (TPSA) is 29.3 Å². The van der Waals surface area contributed by atoms with Gasteiger partial charge in [0, 0.05) is 19.6 Å². The van der Waals surface area contributed by atoms with Gasteiger partial charge in [-0.3, -0.25) is 0 Å². The molecule has 1 aromatic rings. The standard InChI is InChI=1S/C16H23ClN2/c1-16(2,3)13-6-8-19(9-7-13)15-5-4-12(11-18)10-14(15)17/h4-6,10H,7-9,11,18H2,1-3H3. The summed E-state index contributed by atoms with van der Waals surface area (Å²) in [6.45, 7) is 9.33. The molecule has 1 aliphatic heterocycles. The number of anilines is 1. The highest BCUT2D eigenvalue weighted by molar-refractivity contribution is 6.33. The van der Waals surface area contributed by atoms with E-state index in [0.29, 0.717) is 6.54 Å². The monoisotopic (exact) mass is 278 g/mol. The van der Waals surface area contributed by atoms with Crippen LogP contribution in [-0.4, -0.2) is 13.1 Å². The fraction of sp³-hybridized carbons (Fsp3) is 0.500. The molecule has 0 unspecified atom stereocenters. The fourth-order valence-corrected chi connectivity index (χ4v) is 2.83. The van der Waals surface area contributed by atoms with Gasteiger partial charge in [-0.05, 0) is 29.5 Å². The summed E-state index contributed by atoms with van der Waals surface area (Å²) in [5.74, 6) is 0. The van der Waals surface area contributed by atoms with Crippen molar-refractivity contribution >= 4 is 17.3 Å². The molecule has 2 nitrogen and oxygen atoms in total. The first-order chi connectivity index (χ1) is 8.91. The van der Waals surface area contributed by atoms with Crippen LogP contribution in [-0.2, 0) is 6.54 Å². The van der Waals surface area contributed by atoms with Crippen LogP contribution in [0.3, 0.4) is 0 Å². The quantitative estimate of drug-likeness (QED) is 0.829. The van der Waals surface area contributed by atoms with Crippen molar-refractivity contribution in [1.82, 2.24) is 0 Å². The molecular weight excluding hydrogens is 256 g/mol. The maximum atomic E-state index is 6.35. The van der Waals surface area contributed by atoms with E-state index in [4.69, 9.17) is 17.3 Å². The molecule has 1 aliphatic rings. The molecule has 0 amide bonds. The number of rotatable bonds is 2. The fourth-order valence-electron chi connectivity index (χ4n) is 2.50. The Morgan fingerprint density at radius 3 is 2.53 bits per heavy atom. The van der Waals surface area contributed by atoms with Crippen LogP contribution in [0.1, 0.15) is 32.8 Å². The van der Waals surface area contributed by atoms with Crippen LogP contribution in [0.5, 0.6) is 0 Å². The zero-order valence-corrected chi connectivity index (χ0v) is 12.8. The molecule has 2 N–H and O–H groups in total. The van der Waals surface area contributed by atoms with Gasteiger partial charge in [0.1, 0.15) is 0 Å². The van der Waals surface area contributed by atoms with Gasteiger partial charge in [0.2, 0.25) is 0 Å². The van der Waals surface area contributed by atoms with E-state index >= 15 is 0 Å². The second-order valence-corrected chi connectivity index (χ2v) is 6.57. The third kappa shape index (κ3) is 3.31. The van der Waals surface area contributed by atoms with Gasteiger partial charge >= 0.3 is 0 Å². The van der Waals surface area contributed by atoms with Crippen molar-refractivity contribution in [3.8, 4) is 0 Å². The summed E-state index contributed by atoms with van der Waals surface area (Å²) < 4.78 is 0. The first kappa shape index (κ1) is 14.4. The minimum Gasteiger partial charge on any atom is -0.366 e. The number of benzene rings is 1. The van der Waals surface area contributed by atoms with Gasteiger partial charge in [-0.2, -0.15) is 0 Å². The zero-order valence-electron chi connectivity index (χ0n) is 12.0. The Balaban J connectivity index is 2.16. The molecule has 0 saturated carbocycles. The molecule has 3 heteroatoms. The molecule has 1 heterocycles. The first-order valence-electron chi connectivity index (χ1n) is 6.85. The van der Waals surface area contributed by atoms with Crippen LogP contribution < -0.4 is 10.6 Å². The predicted octanol–water partition coefficient (Wildman–Crippen LogP) is 3.98. The molecule has 0 saturated heterocycles. The zero-order chi connectivity index (χ0) is 14.0. The van der Waals surface area contributed by atoms with Crippen molar-refractivity contribution in [2.24, 2.45) is 11.1 Å². The van der Waals surface area contributed by atoms with Crippen LogP contribution in [0.4, 0.5) is 5.69 Å². The van der Waals surface area contributed by atoms with Gasteiger partial charge in [0.15, 0.2) is 0 Å². The summed E-state index contributed by atoms with van der Waals surface area (Å²) in [6, 6.07) is 6.12. The normalized spacial score (nSPS) is 16.5. The van der Waals surface area contributed by atoms with Crippen LogP contribution in [0.2, 0.25) is 5.02 Å². The molecule has 0 spiro atoms. The Hall–Kier alpha value is -0.990. The van der Waals surface area contributed by atoms with Gasteiger partial charge in [-0.15, -0.1) is 0 Å². The van der Waals surface area contributed by atoms with E-state index in [1.54, 1.807) is 5.57 Å². The van der Waals surface area contributed by atoms with E-state index in [-0.39, 0.29) is 5.41 Å². The van der Waals surface area contributed by atoms with E-state index in [0.717, 1.165) is 35.8 Å². The van der Waals surface area contributed by atoms with Crippen molar-refractivity contribution in [3.63, 3.8) is 0 Å². The lowest BCUT2D eigenvalue weighted by atomic mass is 9.83. The maximum absolute atomic E-state index is 6.35. The highest BCUT2D eigenvalue weighted by atomic mass is 35.5. The Morgan fingerprint density at radius 1 is 1.32 bits per heavy atom. The SMILES string of the molecule is CC(C)(C)C1=CCN(c2ccc(CN)cc2Cl)CC1. The Kier molecular flexibility index (Phi) is 4.22. The van der Waals surface area contributed by atoms with Crippen molar-refractivity contribution in [2.75, 3.05) is 18.0 Å². The molecule has 0 aromatic heterocycles. The molecule has 0 bridgehead atoms. The van der Waals surface area contributed by atoms with Crippen molar-refractivity contribution in [1.29, 1.82) is 0 Å². The van der Waals surface area contributed by atoms with E-state index in [1.807, 2.05) is 6.07 Å². The molecular formula is C16H23ClN2. The van der Waals surface area contributed by atoms with E-state index in [9.17, 15) is 0 Å². The maximum Gasteiger partial charge on any atom is 0.0642 e. The molecule has 0 aliphatic carbocycles. The summed E-state index contributed by atoms with van der Waals surface area (Å²) in [7, 11) is 0. The van der Waals surface area contributed by atoms with Gasteiger partial charge in [-0.1, -0.05) is 50.1 Å². The van der Waals surface area contributed by atoms with Gasteiger partial charge < -0.3 is 10.6 Å². The number of nitrogens with two attached hydrogens (primary N) is 1. The number of halogens is 1. The summed E-state index contributed by atoms with van der Waals surface area (Å²) in [4.78, 5) is 2.33. The highest BCUT2D eigenvalue weighted by Gasteiger charge is 2.22. The smallest absolute Gasteiger partial charge is 0.0642 e.